The third kappa shape index (κ3) is 3.70. The molecule has 0 aliphatic rings. The summed E-state index contributed by atoms with van der Waals surface area (Å²) in [5, 5.41) is 10.0. The summed E-state index contributed by atoms with van der Waals surface area (Å²) in [5.41, 5.74) is 1.50. The Kier molecular flexibility index (Phi) is 4.79. The van der Waals surface area contributed by atoms with Gasteiger partial charge in [-0.15, -0.1) is 0 Å². The fourth-order valence-corrected chi connectivity index (χ4v) is 2.14. The average Bonchev–Trinajstić information content (AvgIpc) is 2.40. The van der Waals surface area contributed by atoms with Crippen LogP contribution in [0.4, 0.5) is 5.69 Å². The summed E-state index contributed by atoms with van der Waals surface area (Å²) in [6.45, 7) is 2.40. The fourth-order valence-electron chi connectivity index (χ4n) is 1.62. The second-order valence-electron chi connectivity index (χ2n) is 3.87. The molecule has 0 spiro atoms. The van der Waals surface area contributed by atoms with Crippen molar-refractivity contribution < 1.29 is 9.84 Å². The van der Waals surface area contributed by atoms with E-state index in [2.05, 4.69) is 27.6 Å². The van der Waals surface area contributed by atoms with Gasteiger partial charge in [0.05, 0.1) is 12.3 Å². The Morgan fingerprint density at radius 1 is 1.26 bits per heavy atom. The number of phenolic OH excluding ortho intramolecular Hbond substituents is 1. The smallest absolute Gasteiger partial charge is 0.166 e. The highest BCUT2D eigenvalue weighted by atomic mass is 127. The summed E-state index contributed by atoms with van der Waals surface area (Å²) < 4.78 is 6.46. The first kappa shape index (κ1) is 13.9. The van der Waals surface area contributed by atoms with Crippen LogP contribution in [0.15, 0.2) is 47.5 Å². The van der Waals surface area contributed by atoms with Gasteiger partial charge >= 0.3 is 0 Å². The second kappa shape index (κ2) is 6.56. The Morgan fingerprint density at radius 3 is 2.79 bits per heavy atom. The van der Waals surface area contributed by atoms with Crippen molar-refractivity contribution in [2.24, 2.45) is 4.99 Å². The molecular formula is C15H14INO2. The number of phenols is 1. The van der Waals surface area contributed by atoms with Crippen LogP contribution in [0.1, 0.15) is 12.5 Å². The van der Waals surface area contributed by atoms with E-state index < -0.39 is 0 Å². The molecule has 19 heavy (non-hydrogen) atoms. The zero-order valence-electron chi connectivity index (χ0n) is 10.5. The van der Waals surface area contributed by atoms with E-state index >= 15 is 0 Å². The van der Waals surface area contributed by atoms with Gasteiger partial charge in [-0.3, -0.25) is 4.99 Å². The quantitative estimate of drug-likeness (QED) is 0.652. The molecule has 0 aliphatic heterocycles. The summed E-state index contributed by atoms with van der Waals surface area (Å²) in [7, 11) is 0. The van der Waals surface area contributed by atoms with Gasteiger partial charge in [0, 0.05) is 15.3 Å². The van der Waals surface area contributed by atoms with Crippen LogP contribution < -0.4 is 4.74 Å². The highest BCUT2D eigenvalue weighted by molar-refractivity contribution is 14.1. The minimum absolute atomic E-state index is 0.124. The number of rotatable bonds is 4. The maximum Gasteiger partial charge on any atom is 0.166 e. The van der Waals surface area contributed by atoms with E-state index in [1.165, 1.54) is 0 Å². The van der Waals surface area contributed by atoms with E-state index in [4.69, 9.17) is 4.74 Å². The number of aliphatic imine (C=N–C) groups is 1. The van der Waals surface area contributed by atoms with Gasteiger partial charge in [-0.2, -0.15) is 0 Å². The van der Waals surface area contributed by atoms with Crippen molar-refractivity contribution in [2.45, 2.75) is 6.92 Å². The van der Waals surface area contributed by atoms with Gasteiger partial charge in [-0.25, -0.2) is 0 Å². The summed E-state index contributed by atoms with van der Waals surface area (Å²) in [6, 6.07) is 13.2. The molecule has 0 radical (unpaired) electrons. The highest BCUT2D eigenvalue weighted by Crippen LogP contribution is 2.29. The maximum absolute atomic E-state index is 10.0. The van der Waals surface area contributed by atoms with Crippen molar-refractivity contribution in [1.29, 1.82) is 0 Å². The SMILES string of the molecule is CCOc1cccc(C=Nc2cccc(I)c2)c1O. The van der Waals surface area contributed by atoms with Crippen molar-refractivity contribution in [3.05, 3.63) is 51.6 Å². The molecule has 0 aliphatic carbocycles. The average molecular weight is 367 g/mol. The third-order valence-electron chi connectivity index (χ3n) is 2.49. The molecule has 3 nitrogen and oxygen atoms in total. The number of hydrogen-bond donors (Lipinski definition) is 1. The monoisotopic (exact) mass is 367 g/mol. The lowest BCUT2D eigenvalue weighted by Crippen LogP contribution is -1.93. The Bertz CT molecular complexity index is 596. The standard InChI is InChI=1S/C15H14INO2/c1-2-19-14-8-3-5-11(15(14)18)10-17-13-7-4-6-12(16)9-13/h3-10,18H,2H2,1H3. The van der Waals surface area contributed by atoms with Crippen LogP contribution >= 0.6 is 22.6 Å². The van der Waals surface area contributed by atoms with Crippen molar-refractivity contribution in [1.82, 2.24) is 0 Å². The molecular weight excluding hydrogens is 353 g/mol. The first-order valence-electron chi connectivity index (χ1n) is 5.95. The molecule has 0 bridgehead atoms. The van der Waals surface area contributed by atoms with Gasteiger partial charge < -0.3 is 9.84 Å². The summed E-state index contributed by atoms with van der Waals surface area (Å²) in [6.07, 6.45) is 1.64. The van der Waals surface area contributed by atoms with Crippen LogP contribution in [0.2, 0.25) is 0 Å². The number of nitrogens with zero attached hydrogens (tertiary/aromatic N) is 1. The number of hydrogen-bond acceptors (Lipinski definition) is 3. The zero-order chi connectivity index (χ0) is 13.7. The lowest BCUT2D eigenvalue weighted by molar-refractivity contribution is 0.318. The van der Waals surface area contributed by atoms with Crippen molar-refractivity contribution in [3.8, 4) is 11.5 Å². The molecule has 0 atom stereocenters. The van der Waals surface area contributed by atoms with Gasteiger partial charge in [0.2, 0.25) is 0 Å². The molecule has 2 rings (SSSR count). The lowest BCUT2D eigenvalue weighted by atomic mass is 10.2. The molecule has 2 aromatic carbocycles. The van der Waals surface area contributed by atoms with Crippen LogP contribution in [-0.4, -0.2) is 17.9 Å². The van der Waals surface area contributed by atoms with Crippen LogP contribution in [0.25, 0.3) is 0 Å². The van der Waals surface area contributed by atoms with Gasteiger partial charge in [-0.05, 0) is 59.8 Å². The molecule has 0 saturated carbocycles. The third-order valence-corrected chi connectivity index (χ3v) is 3.16. The number of halogens is 1. The summed E-state index contributed by atoms with van der Waals surface area (Å²) in [4.78, 5) is 4.35. The van der Waals surface area contributed by atoms with Crippen molar-refractivity contribution >= 4 is 34.5 Å². The van der Waals surface area contributed by atoms with Gasteiger partial charge in [0.15, 0.2) is 11.5 Å². The molecule has 0 fully saturated rings. The first-order valence-corrected chi connectivity index (χ1v) is 7.03. The molecule has 0 saturated heterocycles. The van der Waals surface area contributed by atoms with Crippen LogP contribution in [0.5, 0.6) is 11.5 Å². The van der Waals surface area contributed by atoms with E-state index in [1.54, 1.807) is 18.3 Å². The molecule has 0 aromatic heterocycles. The molecule has 98 valence electrons. The predicted octanol–water partition coefficient (Wildman–Crippen LogP) is 4.15. The van der Waals surface area contributed by atoms with Crippen molar-refractivity contribution in [2.75, 3.05) is 6.61 Å². The normalized spacial score (nSPS) is 10.8. The maximum atomic E-state index is 10.0. The van der Waals surface area contributed by atoms with Gasteiger partial charge in [0.25, 0.3) is 0 Å². The minimum Gasteiger partial charge on any atom is -0.504 e. The number of para-hydroxylation sites is 1. The van der Waals surface area contributed by atoms with Crippen molar-refractivity contribution in [3.63, 3.8) is 0 Å². The van der Waals surface area contributed by atoms with Crippen LogP contribution in [0.3, 0.4) is 0 Å². The first-order chi connectivity index (χ1) is 9.20. The van der Waals surface area contributed by atoms with Crippen LogP contribution in [-0.2, 0) is 0 Å². The van der Waals surface area contributed by atoms with Gasteiger partial charge in [0.1, 0.15) is 0 Å². The Morgan fingerprint density at radius 2 is 2.05 bits per heavy atom. The van der Waals surface area contributed by atoms with E-state index in [1.807, 2.05) is 37.3 Å². The molecule has 2 aromatic rings. The number of ether oxygens (including phenoxy) is 1. The highest BCUT2D eigenvalue weighted by Gasteiger charge is 2.05. The zero-order valence-corrected chi connectivity index (χ0v) is 12.7. The molecule has 4 heteroatoms. The second-order valence-corrected chi connectivity index (χ2v) is 5.11. The minimum atomic E-state index is 0.124. The Labute approximate surface area is 126 Å². The lowest BCUT2D eigenvalue weighted by Gasteiger charge is -2.07. The van der Waals surface area contributed by atoms with E-state index in [0.717, 1.165) is 9.26 Å². The van der Waals surface area contributed by atoms with E-state index in [0.29, 0.717) is 17.9 Å². The number of aromatic hydroxyl groups is 1. The molecule has 0 amide bonds. The molecule has 0 heterocycles. The Hall–Kier alpha value is -1.56. The summed E-state index contributed by atoms with van der Waals surface area (Å²) in [5.74, 6) is 0.604. The Balaban J connectivity index is 2.26. The molecule has 0 unspecified atom stereocenters. The fraction of sp³-hybridized carbons (Fsp3) is 0.133. The van der Waals surface area contributed by atoms with E-state index in [-0.39, 0.29) is 5.75 Å². The number of benzene rings is 2. The molecule has 1 N–H and O–H groups in total. The van der Waals surface area contributed by atoms with E-state index in [9.17, 15) is 5.11 Å². The van der Waals surface area contributed by atoms with Crippen LogP contribution in [0, 0.1) is 3.57 Å². The summed E-state index contributed by atoms with van der Waals surface area (Å²) >= 11 is 2.24. The predicted molar refractivity (Wildman–Crippen MR) is 85.7 cm³/mol. The topological polar surface area (TPSA) is 41.8 Å². The van der Waals surface area contributed by atoms with Gasteiger partial charge in [-0.1, -0.05) is 12.1 Å². The largest absolute Gasteiger partial charge is 0.504 e.